The minimum absolute atomic E-state index is 0.0769. The van der Waals surface area contributed by atoms with E-state index in [2.05, 4.69) is 11.0 Å². The van der Waals surface area contributed by atoms with Gasteiger partial charge in [0, 0.05) is 64.3 Å². The van der Waals surface area contributed by atoms with E-state index in [4.69, 9.17) is 10.00 Å². The predicted molar refractivity (Wildman–Crippen MR) is 119 cm³/mol. The summed E-state index contributed by atoms with van der Waals surface area (Å²) in [6.45, 7) is 5.55. The first kappa shape index (κ1) is 23.7. The minimum atomic E-state index is -0.167. The first-order valence-electron chi connectivity index (χ1n) is 11.2. The zero-order valence-corrected chi connectivity index (χ0v) is 18.4. The number of carbonyl (C=O) groups is 3. The zero-order valence-electron chi connectivity index (χ0n) is 18.4. The number of nitrogens with zero attached hydrogens (tertiary/aromatic N) is 5. The van der Waals surface area contributed by atoms with Gasteiger partial charge in [-0.25, -0.2) is 0 Å². The molecule has 3 rings (SSSR count). The molecule has 0 aliphatic carbocycles. The molecule has 9 nitrogen and oxygen atoms in total. The van der Waals surface area contributed by atoms with Crippen LogP contribution in [0.15, 0.2) is 30.3 Å². The summed E-state index contributed by atoms with van der Waals surface area (Å²) in [4.78, 5) is 45.1. The molecule has 2 fully saturated rings. The molecule has 0 saturated carbocycles. The molecule has 9 heteroatoms. The van der Waals surface area contributed by atoms with Crippen LogP contribution >= 0.6 is 0 Å². The van der Waals surface area contributed by atoms with Crippen LogP contribution in [-0.4, -0.2) is 98.0 Å². The van der Waals surface area contributed by atoms with Gasteiger partial charge in [0.05, 0.1) is 32.2 Å². The van der Waals surface area contributed by atoms with Crippen LogP contribution in [0.4, 0.5) is 5.69 Å². The monoisotopic (exact) mass is 441 g/mol. The van der Waals surface area contributed by atoms with E-state index in [1.807, 2.05) is 35.2 Å². The third-order valence-electron chi connectivity index (χ3n) is 5.82. The van der Waals surface area contributed by atoms with Gasteiger partial charge in [0.1, 0.15) is 0 Å². The third kappa shape index (κ3) is 6.77. The van der Waals surface area contributed by atoms with Crippen molar-refractivity contribution < 1.29 is 19.1 Å². The van der Waals surface area contributed by atoms with Crippen LogP contribution in [0, 0.1) is 11.3 Å². The Hall–Kier alpha value is -2.96. The van der Waals surface area contributed by atoms with Crippen LogP contribution in [0.25, 0.3) is 0 Å². The van der Waals surface area contributed by atoms with Crippen molar-refractivity contribution in [3.63, 3.8) is 0 Å². The highest BCUT2D eigenvalue weighted by atomic mass is 16.5. The minimum Gasteiger partial charge on any atom is -0.379 e. The number of anilines is 1. The van der Waals surface area contributed by atoms with E-state index in [1.165, 1.54) is 0 Å². The molecule has 2 saturated heterocycles. The molecule has 32 heavy (non-hydrogen) atoms. The number of morpholine rings is 1. The first-order valence-corrected chi connectivity index (χ1v) is 11.2. The van der Waals surface area contributed by atoms with E-state index < -0.39 is 0 Å². The second kappa shape index (κ2) is 12.2. The van der Waals surface area contributed by atoms with Crippen molar-refractivity contribution in [1.29, 1.82) is 5.26 Å². The van der Waals surface area contributed by atoms with E-state index in [0.29, 0.717) is 52.5 Å². The maximum absolute atomic E-state index is 12.7. The zero-order chi connectivity index (χ0) is 22.8. The lowest BCUT2D eigenvalue weighted by atomic mass is 10.2. The van der Waals surface area contributed by atoms with Gasteiger partial charge in [0.15, 0.2) is 0 Å². The highest BCUT2D eigenvalue weighted by molar-refractivity contribution is 5.95. The third-order valence-corrected chi connectivity index (χ3v) is 5.82. The number of benzene rings is 1. The van der Waals surface area contributed by atoms with Gasteiger partial charge in [-0.1, -0.05) is 18.2 Å². The Bertz CT molecular complexity index is 811. The molecule has 0 spiro atoms. The molecule has 0 radical (unpaired) electrons. The smallest absolute Gasteiger partial charge is 0.236 e. The maximum atomic E-state index is 12.7. The maximum Gasteiger partial charge on any atom is 0.236 e. The molecule has 0 unspecified atom stereocenters. The highest BCUT2D eigenvalue weighted by Gasteiger charge is 2.26. The largest absolute Gasteiger partial charge is 0.379 e. The molecular weight excluding hydrogens is 410 g/mol. The van der Waals surface area contributed by atoms with Gasteiger partial charge in [0.2, 0.25) is 17.7 Å². The van der Waals surface area contributed by atoms with E-state index in [1.54, 1.807) is 9.80 Å². The fraction of sp³-hybridized carbons (Fsp3) is 0.565. The highest BCUT2D eigenvalue weighted by Crippen LogP contribution is 2.16. The molecule has 0 N–H and O–H groups in total. The topological polar surface area (TPSA) is 97.2 Å². The Balaban J connectivity index is 1.43. The van der Waals surface area contributed by atoms with Crippen LogP contribution in [-0.2, 0) is 19.1 Å². The molecule has 3 amide bonds. The number of carbonyl (C=O) groups excluding carboxylic acids is 3. The molecule has 2 heterocycles. The fourth-order valence-electron chi connectivity index (χ4n) is 3.93. The number of nitriles is 1. The molecular formula is C23H31N5O4. The van der Waals surface area contributed by atoms with Gasteiger partial charge in [-0.3, -0.25) is 19.3 Å². The normalized spacial score (nSPS) is 17.0. The summed E-state index contributed by atoms with van der Waals surface area (Å²) < 4.78 is 5.31. The summed E-state index contributed by atoms with van der Waals surface area (Å²) in [6.07, 6.45) is 0.445. The van der Waals surface area contributed by atoms with E-state index >= 15 is 0 Å². The average molecular weight is 442 g/mol. The van der Waals surface area contributed by atoms with Gasteiger partial charge >= 0.3 is 0 Å². The molecule has 2 aliphatic rings. The van der Waals surface area contributed by atoms with E-state index in [0.717, 1.165) is 18.8 Å². The predicted octanol–water partition coefficient (Wildman–Crippen LogP) is 0.716. The Kier molecular flexibility index (Phi) is 9.01. The molecule has 1 aromatic rings. The molecule has 0 atom stereocenters. The van der Waals surface area contributed by atoms with E-state index in [9.17, 15) is 14.4 Å². The van der Waals surface area contributed by atoms with Crippen molar-refractivity contribution in [3.8, 4) is 6.07 Å². The van der Waals surface area contributed by atoms with Crippen LogP contribution < -0.4 is 4.90 Å². The quantitative estimate of drug-likeness (QED) is 0.590. The van der Waals surface area contributed by atoms with Crippen molar-refractivity contribution in [2.24, 2.45) is 0 Å². The number of hydrogen-bond acceptors (Lipinski definition) is 6. The lowest BCUT2D eigenvalue weighted by Gasteiger charge is -2.36. The van der Waals surface area contributed by atoms with Gasteiger partial charge < -0.3 is 19.4 Å². The summed E-state index contributed by atoms with van der Waals surface area (Å²) in [7, 11) is 0. The summed E-state index contributed by atoms with van der Waals surface area (Å²) in [5, 5.41) is 8.90. The van der Waals surface area contributed by atoms with Gasteiger partial charge in [0.25, 0.3) is 0 Å². The Morgan fingerprint density at radius 2 is 1.53 bits per heavy atom. The van der Waals surface area contributed by atoms with Crippen LogP contribution in [0.1, 0.15) is 19.3 Å². The second-order valence-corrected chi connectivity index (χ2v) is 7.94. The molecule has 0 bridgehead atoms. The number of piperazine rings is 1. The summed E-state index contributed by atoms with van der Waals surface area (Å²) in [5.74, 6) is -0.156. The van der Waals surface area contributed by atoms with Crippen molar-refractivity contribution >= 4 is 23.4 Å². The summed E-state index contributed by atoms with van der Waals surface area (Å²) in [6, 6.07) is 11.3. The number of ether oxygens (including phenoxy) is 1. The number of amides is 3. The molecule has 0 aromatic heterocycles. The van der Waals surface area contributed by atoms with Crippen LogP contribution in [0.2, 0.25) is 0 Å². The van der Waals surface area contributed by atoms with Gasteiger partial charge in [-0.2, -0.15) is 5.26 Å². The van der Waals surface area contributed by atoms with Gasteiger partial charge in [-0.15, -0.1) is 0 Å². The SMILES string of the molecule is N#CCCN(C(=O)CCC(=O)N1CCN(C(=O)CN2CCOCC2)CC1)c1ccccc1. The van der Waals surface area contributed by atoms with Crippen molar-refractivity contribution in [2.45, 2.75) is 19.3 Å². The summed E-state index contributed by atoms with van der Waals surface area (Å²) in [5.41, 5.74) is 0.729. The fourth-order valence-corrected chi connectivity index (χ4v) is 3.93. The van der Waals surface area contributed by atoms with Crippen LogP contribution in [0.3, 0.4) is 0 Å². The lowest BCUT2D eigenvalue weighted by Crippen LogP contribution is -2.53. The number of rotatable bonds is 8. The lowest BCUT2D eigenvalue weighted by molar-refractivity contribution is -0.141. The Morgan fingerprint density at radius 3 is 2.16 bits per heavy atom. The Labute approximate surface area is 189 Å². The van der Waals surface area contributed by atoms with E-state index in [-0.39, 0.29) is 37.0 Å². The van der Waals surface area contributed by atoms with Crippen molar-refractivity contribution in [2.75, 3.05) is 70.5 Å². The molecule has 1 aromatic carbocycles. The second-order valence-electron chi connectivity index (χ2n) is 7.94. The number of hydrogen-bond donors (Lipinski definition) is 0. The van der Waals surface area contributed by atoms with Crippen LogP contribution in [0.5, 0.6) is 0 Å². The summed E-state index contributed by atoms with van der Waals surface area (Å²) >= 11 is 0. The average Bonchev–Trinajstić information content (AvgIpc) is 2.84. The van der Waals surface area contributed by atoms with Crippen molar-refractivity contribution in [3.05, 3.63) is 30.3 Å². The first-order chi connectivity index (χ1) is 15.6. The van der Waals surface area contributed by atoms with Crippen molar-refractivity contribution in [1.82, 2.24) is 14.7 Å². The number of para-hydroxylation sites is 1. The Morgan fingerprint density at radius 1 is 0.906 bits per heavy atom. The molecule has 2 aliphatic heterocycles. The van der Waals surface area contributed by atoms with Gasteiger partial charge in [-0.05, 0) is 12.1 Å². The molecule has 172 valence electrons. The standard InChI is InChI=1S/C23H31N5O4/c24-9-4-10-28(20-5-2-1-3-6-20)22(30)8-7-21(29)26-11-13-27(14-12-26)23(31)19-25-15-17-32-18-16-25/h1-3,5-6H,4,7-8,10-19H2.